The smallest absolute Gasteiger partial charge is 0.224 e. The van der Waals surface area contributed by atoms with Crippen molar-refractivity contribution in [2.45, 2.75) is 51.9 Å². The Hall–Kier alpha value is -1.30. The van der Waals surface area contributed by atoms with Gasteiger partial charge in [-0.3, -0.25) is 9.79 Å². The van der Waals surface area contributed by atoms with Crippen LogP contribution in [0, 0.1) is 5.41 Å². The van der Waals surface area contributed by atoms with Crippen LogP contribution in [-0.4, -0.2) is 63.2 Å². The molecular weight excluding hydrogens is 304 g/mol. The third kappa shape index (κ3) is 5.65. The minimum Gasteiger partial charge on any atom is -0.385 e. The van der Waals surface area contributed by atoms with Gasteiger partial charge in [0.1, 0.15) is 0 Å². The molecule has 0 atom stereocenters. The second-order valence-corrected chi connectivity index (χ2v) is 7.06. The van der Waals surface area contributed by atoms with Crippen LogP contribution in [0.2, 0.25) is 0 Å². The third-order valence-electron chi connectivity index (χ3n) is 5.26. The Morgan fingerprint density at radius 3 is 2.54 bits per heavy atom. The molecule has 1 saturated carbocycles. The van der Waals surface area contributed by atoms with Crippen molar-refractivity contribution in [3.63, 3.8) is 0 Å². The quantitative estimate of drug-likeness (QED) is 0.497. The standard InChI is InChI=1S/C18H34N4O2/c1-3-19-17(20-11-7-16(23)22-12-4-5-13-22)21-15-18(8-6-9-18)10-14-24-2/h3-15H2,1-2H3,(H2,19,20,21). The van der Waals surface area contributed by atoms with Gasteiger partial charge in [-0.15, -0.1) is 0 Å². The maximum atomic E-state index is 12.1. The SMILES string of the molecule is CCNC(=NCC1(CCOC)CCC1)NCCC(=O)N1CCCC1. The number of nitrogens with one attached hydrogen (secondary N) is 2. The first-order chi connectivity index (χ1) is 11.7. The van der Waals surface area contributed by atoms with Crippen LogP contribution in [0.5, 0.6) is 0 Å². The molecule has 1 saturated heterocycles. The number of amides is 1. The molecule has 0 aromatic rings. The number of methoxy groups -OCH3 is 1. The minimum absolute atomic E-state index is 0.256. The Morgan fingerprint density at radius 1 is 1.21 bits per heavy atom. The highest BCUT2D eigenvalue weighted by molar-refractivity contribution is 5.81. The van der Waals surface area contributed by atoms with Crippen LogP contribution in [-0.2, 0) is 9.53 Å². The summed E-state index contributed by atoms with van der Waals surface area (Å²) in [6, 6.07) is 0. The molecule has 2 N–H and O–H groups in total. The molecule has 2 fully saturated rings. The number of guanidine groups is 1. The van der Waals surface area contributed by atoms with Crippen LogP contribution in [0.3, 0.4) is 0 Å². The summed E-state index contributed by atoms with van der Waals surface area (Å²) in [6.45, 7) is 7.04. The van der Waals surface area contributed by atoms with E-state index in [2.05, 4.69) is 17.6 Å². The zero-order valence-corrected chi connectivity index (χ0v) is 15.4. The van der Waals surface area contributed by atoms with E-state index in [1.165, 1.54) is 19.3 Å². The van der Waals surface area contributed by atoms with E-state index in [1.807, 2.05) is 4.90 Å². The van der Waals surface area contributed by atoms with Crippen molar-refractivity contribution in [3.05, 3.63) is 0 Å². The van der Waals surface area contributed by atoms with Crippen molar-refractivity contribution in [1.82, 2.24) is 15.5 Å². The summed E-state index contributed by atoms with van der Waals surface area (Å²) >= 11 is 0. The topological polar surface area (TPSA) is 66.0 Å². The fourth-order valence-electron chi connectivity index (χ4n) is 3.48. The summed E-state index contributed by atoms with van der Waals surface area (Å²) in [6.07, 6.45) is 7.70. The average Bonchev–Trinajstić information content (AvgIpc) is 3.08. The number of carbonyl (C=O) groups is 1. The zero-order valence-electron chi connectivity index (χ0n) is 15.4. The lowest BCUT2D eigenvalue weighted by Gasteiger charge is -2.40. The molecule has 0 bridgehead atoms. The number of hydrogen-bond donors (Lipinski definition) is 2. The normalized spacial score (nSPS) is 19.9. The van der Waals surface area contributed by atoms with Crippen molar-refractivity contribution in [1.29, 1.82) is 0 Å². The van der Waals surface area contributed by atoms with Crippen LogP contribution in [0.1, 0.15) is 51.9 Å². The summed E-state index contributed by atoms with van der Waals surface area (Å²) in [4.78, 5) is 18.8. The van der Waals surface area contributed by atoms with E-state index in [4.69, 9.17) is 9.73 Å². The summed E-state index contributed by atoms with van der Waals surface area (Å²) in [5.74, 6) is 1.09. The third-order valence-corrected chi connectivity index (χ3v) is 5.26. The number of likely N-dealkylation sites (tertiary alicyclic amines) is 1. The van der Waals surface area contributed by atoms with Crippen molar-refractivity contribution in [2.75, 3.05) is 46.4 Å². The summed E-state index contributed by atoms with van der Waals surface area (Å²) in [5, 5.41) is 6.60. The molecule has 2 aliphatic rings. The Labute approximate surface area is 146 Å². The lowest BCUT2D eigenvalue weighted by Crippen LogP contribution is -2.41. The van der Waals surface area contributed by atoms with Gasteiger partial charge in [-0.1, -0.05) is 6.42 Å². The average molecular weight is 338 g/mol. The number of carbonyl (C=O) groups excluding carboxylic acids is 1. The van der Waals surface area contributed by atoms with Gasteiger partial charge < -0.3 is 20.3 Å². The highest BCUT2D eigenvalue weighted by atomic mass is 16.5. The highest BCUT2D eigenvalue weighted by Crippen LogP contribution is 2.44. The molecule has 0 spiro atoms. The largest absolute Gasteiger partial charge is 0.385 e. The molecule has 1 heterocycles. The van der Waals surface area contributed by atoms with Crippen molar-refractivity contribution < 1.29 is 9.53 Å². The first kappa shape index (κ1) is 19.0. The lowest BCUT2D eigenvalue weighted by atomic mass is 9.67. The van der Waals surface area contributed by atoms with E-state index in [0.717, 1.165) is 58.0 Å². The van der Waals surface area contributed by atoms with Gasteiger partial charge in [0.25, 0.3) is 0 Å². The van der Waals surface area contributed by atoms with Gasteiger partial charge in [0, 0.05) is 52.9 Å². The summed E-state index contributed by atoms with van der Waals surface area (Å²) in [5.41, 5.74) is 0.323. The molecule has 24 heavy (non-hydrogen) atoms. The molecule has 2 rings (SSSR count). The monoisotopic (exact) mass is 338 g/mol. The predicted molar refractivity (Wildman–Crippen MR) is 97.2 cm³/mol. The Bertz CT molecular complexity index is 415. The van der Waals surface area contributed by atoms with E-state index in [-0.39, 0.29) is 5.91 Å². The number of nitrogens with zero attached hydrogens (tertiary/aromatic N) is 2. The summed E-state index contributed by atoms with van der Waals surface area (Å²) in [7, 11) is 1.76. The molecular formula is C18H34N4O2. The van der Waals surface area contributed by atoms with Crippen LogP contribution >= 0.6 is 0 Å². The molecule has 1 aliphatic heterocycles. The molecule has 0 unspecified atom stereocenters. The van der Waals surface area contributed by atoms with Crippen LogP contribution < -0.4 is 10.6 Å². The van der Waals surface area contributed by atoms with Crippen molar-refractivity contribution >= 4 is 11.9 Å². The van der Waals surface area contributed by atoms with Gasteiger partial charge in [0.05, 0.1) is 0 Å². The van der Waals surface area contributed by atoms with Gasteiger partial charge >= 0.3 is 0 Å². The summed E-state index contributed by atoms with van der Waals surface area (Å²) < 4.78 is 5.25. The second kappa shape index (κ2) is 9.87. The number of hydrogen-bond acceptors (Lipinski definition) is 3. The number of ether oxygens (including phenoxy) is 1. The fourth-order valence-corrected chi connectivity index (χ4v) is 3.48. The molecule has 0 aromatic carbocycles. The predicted octanol–water partition coefficient (Wildman–Crippen LogP) is 1.76. The van der Waals surface area contributed by atoms with E-state index in [9.17, 15) is 4.79 Å². The molecule has 6 nitrogen and oxygen atoms in total. The van der Waals surface area contributed by atoms with Crippen LogP contribution in [0.15, 0.2) is 4.99 Å². The lowest BCUT2D eigenvalue weighted by molar-refractivity contribution is -0.129. The van der Waals surface area contributed by atoms with E-state index in [1.54, 1.807) is 7.11 Å². The van der Waals surface area contributed by atoms with Crippen molar-refractivity contribution in [2.24, 2.45) is 10.4 Å². The van der Waals surface area contributed by atoms with E-state index < -0.39 is 0 Å². The maximum Gasteiger partial charge on any atom is 0.224 e. The van der Waals surface area contributed by atoms with Gasteiger partial charge in [-0.2, -0.15) is 0 Å². The van der Waals surface area contributed by atoms with Crippen LogP contribution in [0.4, 0.5) is 0 Å². The van der Waals surface area contributed by atoms with E-state index >= 15 is 0 Å². The van der Waals surface area contributed by atoms with Gasteiger partial charge in [-0.05, 0) is 44.4 Å². The van der Waals surface area contributed by atoms with Gasteiger partial charge in [0.2, 0.25) is 5.91 Å². The first-order valence-electron chi connectivity index (χ1n) is 9.48. The second-order valence-electron chi connectivity index (χ2n) is 7.06. The Balaban J connectivity index is 1.76. The van der Waals surface area contributed by atoms with E-state index in [0.29, 0.717) is 18.4 Å². The molecule has 0 radical (unpaired) electrons. The highest BCUT2D eigenvalue weighted by Gasteiger charge is 2.36. The maximum absolute atomic E-state index is 12.1. The minimum atomic E-state index is 0.256. The Morgan fingerprint density at radius 2 is 1.96 bits per heavy atom. The zero-order chi connectivity index (χ0) is 17.3. The molecule has 0 aromatic heterocycles. The Kier molecular flexibility index (Phi) is 7.82. The van der Waals surface area contributed by atoms with Crippen molar-refractivity contribution in [3.8, 4) is 0 Å². The fraction of sp³-hybridized carbons (Fsp3) is 0.889. The molecule has 1 aliphatic carbocycles. The molecule has 138 valence electrons. The van der Waals surface area contributed by atoms with Gasteiger partial charge in [0.15, 0.2) is 5.96 Å². The van der Waals surface area contributed by atoms with Gasteiger partial charge in [-0.25, -0.2) is 0 Å². The molecule has 6 heteroatoms. The van der Waals surface area contributed by atoms with Crippen LogP contribution in [0.25, 0.3) is 0 Å². The first-order valence-corrected chi connectivity index (χ1v) is 9.48. The molecule has 1 amide bonds. The number of rotatable bonds is 9. The number of aliphatic imine (C=N–C) groups is 1.